The minimum atomic E-state index is -0.448. The van der Waals surface area contributed by atoms with Crippen molar-refractivity contribution in [3.05, 3.63) is 35.9 Å². The van der Waals surface area contributed by atoms with Crippen LogP contribution in [0, 0.1) is 40.4 Å². The van der Waals surface area contributed by atoms with E-state index in [1.165, 1.54) is 32.1 Å². The quantitative estimate of drug-likeness (QED) is 0.474. The van der Waals surface area contributed by atoms with E-state index in [0.717, 1.165) is 24.7 Å². The van der Waals surface area contributed by atoms with E-state index in [0.29, 0.717) is 35.3 Å². The lowest BCUT2D eigenvalue weighted by Crippen LogP contribution is -2.56. The zero-order valence-electron chi connectivity index (χ0n) is 18.7. The molecule has 0 saturated heterocycles. The molecule has 0 amide bonds. The molecule has 0 N–H and O–H groups in total. The molecule has 0 bridgehead atoms. The van der Waals surface area contributed by atoms with Crippen LogP contribution in [0.4, 0.5) is 0 Å². The summed E-state index contributed by atoms with van der Waals surface area (Å²) in [5.74, 6) is 2.34. The molecular formula is C27H36O3. The van der Waals surface area contributed by atoms with Crippen LogP contribution < -0.4 is 0 Å². The number of fused-ring (bicyclic) bond motifs is 5. The molecule has 0 radical (unpaired) electrons. The first-order valence-corrected chi connectivity index (χ1v) is 12.0. The molecule has 4 saturated carbocycles. The average Bonchev–Trinajstić information content (AvgIpc) is 3.10. The molecule has 30 heavy (non-hydrogen) atoms. The summed E-state index contributed by atoms with van der Waals surface area (Å²) in [4.78, 5) is 26.3. The van der Waals surface area contributed by atoms with Crippen molar-refractivity contribution in [2.75, 3.05) is 7.11 Å². The highest BCUT2D eigenvalue weighted by molar-refractivity contribution is 6.11. The van der Waals surface area contributed by atoms with E-state index in [4.69, 9.17) is 4.74 Å². The molecule has 0 spiro atoms. The van der Waals surface area contributed by atoms with Crippen molar-refractivity contribution in [2.24, 2.45) is 40.4 Å². The molecule has 1 aromatic rings. The third-order valence-electron chi connectivity index (χ3n) is 10.1. The molecule has 4 aliphatic carbocycles. The maximum atomic E-state index is 13.3. The van der Waals surface area contributed by atoms with Crippen LogP contribution in [0.3, 0.4) is 0 Å². The summed E-state index contributed by atoms with van der Waals surface area (Å²) in [5, 5.41) is 0. The van der Waals surface area contributed by atoms with Crippen molar-refractivity contribution in [1.29, 1.82) is 0 Å². The number of methoxy groups -OCH3 is 1. The molecule has 3 nitrogen and oxygen atoms in total. The molecule has 0 aliphatic heterocycles. The van der Waals surface area contributed by atoms with Gasteiger partial charge in [0.25, 0.3) is 0 Å². The van der Waals surface area contributed by atoms with Crippen LogP contribution >= 0.6 is 0 Å². The lowest BCUT2D eigenvalue weighted by Gasteiger charge is -2.60. The second kappa shape index (κ2) is 7.29. The number of ketones is 2. The Balaban J connectivity index is 1.43. The topological polar surface area (TPSA) is 43.4 Å². The first-order valence-electron chi connectivity index (χ1n) is 12.0. The van der Waals surface area contributed by atoms with E-state index in [1.807, 2.05) is 37.4 Å². The minimum Gasteiger partial charge on any atom is -0.381 e. The molecule has 162 valence electrons. The van der Waals surface area contributed by atoms with Gasteiger partial charge in [-0.05, 0) is 79.4 Å². The van der Waals surface area contributed by atoms with Crippen molar-refractivity contribution < 1.29 is 14.3 Å². The number of Topliss-reactive ketones (excluding diaryl/α,β-unsaturated/α-hetero) is 2. The summed E-state index contributed by atoms with van der Waals surface area (Å²) >= 11 is 0. The summed E-state index contributed by atoms with van der Waals surface area (Å²) in [6, 6.07) is 9.45. The molecule has 4 aliphatic rings. The molecule has 4 fully saturated rings. The highest BCUT2D eigenvalue weighted by atomic mass is 16.5. The molecule has 8 atom stereocenters. The highest BCUT2D eigenvalue weighted by Gasteiger charge is 2.61. The number of benzene rings is 1. The van der Waals surface area contributed by atoms with Crippen molar-refractivity contribution in [3.63, 3.8) is 0 Å². The van der Waals surface area contributed by atoms with E-state index < -0.39 is 5.92 Å². The average molecular weight is 409 g/mol. The minimum absolute atomic E-state index is 0.0448. The van der Waals surface area contributed by atoms with E-state index in [-0.39, 0.29) is 17.0 Å². The van der Waals surface area contributed by atoms with Crippen LogP contribution in [0.25, 0.3) is 0 Å². The number of hydrogen-bond donors (Lipinski definition) is 0. The van der Waals surface area contributed by atoms with E-state index in [2.05, 4.69) is 13.8 Å². The maximum Gasteiger partial charge on any atom is 0.173 e. The molecule has 0 aromatic heterocycles. The monoisotopic (exact) mass is 408 g/mol. The van der Waals surface area contributed by atoms with Gasteiger partial charge in [-0.15, -0.1) is 0 Å². The third-order valence-corrected chi connectivity index (χ3v) is 10.1. The van der Waals surface area contributed by atoms with Crippen LogP contribution in [-0.2, 0) is 9.53 Å². The summed E-state index contributed by atoms with van der Waals surface area (Å²) in [6.07, 6.45) is 9.08. The predicted octanol–water partition coefficient (Wildman–Crippen LogP) is 5.72. The molecule has 3 heteroatoms. The highest BCUT2D eigenvalue weighted by Crippen LogP contribution is 2.66. The Morgan fingerprint density at radius 2 is 1.70 bits per heavy atom. The van der Waals surface area contributed by atoms with Gasteiger partial charge in [-0.1, -0.05) is 44.2 Å². The van der Waals surface area contributed by atoms with Crippen molar-refractivity contribution in [1.82, 2.24) is 0 Å². The number of ether oxygens (including phenoxy) is 1. The van der Waals surface area contributed by atoms with Crippen molar-refractivity contribution in [3.8, 4) is 0 Å². The van der Waals surface area contributed by atoms with Gasteiger partial charge >= 0.3 is 0 Å². The number of carbonyl (C=O) groups excluding carboxylic acids is 2. The number of hydrogen-bond acceptors (Lipinski definition) is 3. The van der Waals surface area contributed by atoms with Gasteiger partial charge in [0.1, 0.15) is 5.78 Å². The fourth-order valence-corrected chi connectivity index (χ4v) is 8.51. The fourth-order valence-electron chi connectivity index (χ4n) is 8.51. The zero-order chi connectivity index (χ0) is 21.1. The van der Waals surface area contributed by atoms with Gasteiger partial charge < -0.3 is 4.74 Å². The summed E-state index contributed by atoms with van der Waals surface area (Å²) in [5.41, 5.74) is 1.11. The van der Waals surface area contributed by atoms with Crippen molar-refractivity contribution >= 4 is 11.6 Å². The lowest BCUT2D eigenvalue weighted by atomic mass is 9.44. The molecule has 0 heterocycles. The van der Waals surface area contributed by atoms with Crippen LogP contribution in [0.15, 0.2) is 30.3 Å². The van der Waals surface area contributed by atoms with Crippen molar-refractivity contribution in [2.45, 2.75) is 71.3 Å². The Labute approximate surface area is 181 Å². The van der Waals surface area contributed by atoms with Gasteiger partial charge in [-0.3, -0.25) is 9.59 Å². The maximum absolute atomic E-state index is 13.3. The molecule has 1 aromatic carbocycles. The van der Waals surface area contributed by atoms with Crippen LogP contribution in [0.5, 0.6) is 0 Å². The first kappa shape index (κ1) is 20.4. The summed E-state index contributed by atoms with van der Waals surface area (Å²) < 4.78 is 5.92. The third kappa shape index (κ3) is 2.87. The van der Waals surface area contributed by atoms with E-state index >= 15 is 0 Å². The van der Waals surface area contributed by atoms with Crippen LogP contribution in [-0.4, -0.2) is 24.8 Å². The SMILES string of the molecule is CO[C@H]1CC[C@H]2[C@@H]3CC[C@H]4CC(=O)C(C(=O)c5ccccc5)C[C@]4(C)[C@H]3CC[C@]12C. The Morgan fingerprint density at radius 3 is 2.43 bits per heavy atom. The van der Waals surface area contributed by atoms with Gasteiger partial charge in [-0.25, -0.2) is 0 Å². The fraction of sp³-hybridized carbons (Fsp3) is 0.704. The second-order valence-corrected chi connectivity index (χ2v) is 11.2. The van der Waals surface area contributed by atoms with E-state index in [1.54, 1.807) is 0 Å². The van der Waals surface area contributed by atoms with Gasteiger partial charge in [0.2, 0.25) is 0 Å². The lowest BCUT2D eigenvalue weighted by molar-refractivity contribution is -0.148. The van der Waals surface area contributed by atoms with Gasteiger partial charge in [-0.2, -0.15) is 0 Å². The number of rotatable bonds is 3. The predicted molar refractivity (Wildman–Crippen MR) is 117 cm³/mol. The Bertz CT molecular complexity index is 832. The zero-order valence-corrected chi connectivity index (χ0v) is 18.7. The summed E-state index contributed by atoms with van der Waals surface area (Å²) in [6.45, 7) is 4.90. The molecule has 1 unspecified atom stereocenters. The molecule has 5 rings (SSSR count). The normalized spacial score (nSPS) is 45.4. The van der Waals surface area contributed by atoms with Gasteiger partial charge in [0.05, 0.1) is 12.0 Å². The smallest absolute Gasteiger partial charge is 0.173 e. The van der Waals surface area contributed by atoms with E-state index in [9.17, 15) is 9.59 Å². The van der Waals surface area contributed by atoms with Gasteiger partial charge in [0, 0.05) is 19.1 Å². The second-order valence-electron chi connectivity index (χ2n) is 11.2. The largest absolute Gasteiger partial charge is 0.381 e. The van der Waals surface area contributed by atoms with Gasteiger partial charge in [0.15, 0.2) is 5.78 Å². The van der Waals surface area contributed by atoms with Crippen LogP contribution in [0.1, 0.15) is 75.6 Å². The Kier molecular flexibility index (Phi) is 4.96. The Hall–Kier alpha value is -1.48. The first-order chi connectivity index (χ1) is 14.4. The number of carbonyl (C=O) groups is 2. The Morgan fingerprint density at radius 1 is 0.967 bits per heavy atom. The van der Waals surface area contributed by atoms with Crippen LogP contribution in [0.2, 0.25) is 0 Å². The standard InChI is InChI=1S/C27H36O3/c1-26-14-13-22-19(21(26)11-12-24(26)30-3)10-9-18-15-23(28)20(16-27(18,22)2)25(29)17-7-5-4-6-8-17/h4-8,18-22,24H,9-16H2,1-3H3/t18-,19-,20?,21-,22-,24-,26-,27-/m0/s1. The summed E-state index contributed by atoms with van der Waals surface area (Å²) in [7, 11) is 1.88. The molecular weight excluding hydrogens is 372 g/mol.